The molecular weight excluding hydrogens is 156 g/mol. The van der Waals surface area contributed by atoms with Crippen LogP contribution in [-0.2, 0) is 14.3 Å². The molecule has 0 N–H and O–H groups in total. The fourth-order valence-corrected chi connectivity index (χ4v) is 0.583. The molecule has 3 heteroatoms. The molecule has 0 aromatic carbocycles. The van der Waals surface area contributed by atoms with E-state index in [2.05, 4.69) is 0 Å². The van der Waals surface area contributed by atoms with E-state index in [-0.39, 0.29) is 12.6 Å². The Morgan fingerprint density at radius 2 is 2.00 bits per heavy atom. The van der Waals surface area contributed by atoms with Crippen molar-refractivity contribution < 1.29 is 14.3 Å². The van der Waals surface area contributed by atoms with Crippen LogP contribution in [0.1, 0.15) is 27.7 Å². The second kappa shape index (κ2) is 4.80. The molecule has 0 atom stereocenters. The number of rotatable bonds is 3. The lowest BCUT2D eigenvalue weighted by molar-refractivity contribution is -0.158. The molecule has 0 saturated heterocycles. The maximum Gasteiger partial charge on any atom is 0.344 e. The molecule has 0 amide bonds. The Balaban J connectivity index is 3.61. The van der Waals surface area contributed by atoms with Crippen molar-refractivity contribution in [2.45, 2.75) is 33.3 Å². The van der Waals surface area contributed by atoms with E-state index in [9.17, 15) is 4.79 Å². The van der Waals surface area contributed by atoms with Gasteiger partial charge in [0.25, 0.3) is 0 Å². The molecule has 0 radical (unpaired) electrons. The van der Waals surface area contributed by atoms with Crippen LogP contribution in [0.3, 0.4) is 0 Å². The highest BCUT2D eigenvalue weighted by Crippen LogP contribution is 2.06. The van der Waals surface area contributed by atoms with Gasteiger partial charge in [-0.1, -0.05) is 6.08 Å². The van der Waals surface area contributed by atoms with E-state index in [4.69, 9.17) is 9.47 Å². The number of hydrogen-bond donors (Lipinski definition) is 0. The highest BCUT2D eigenvalue weighted by atomic mass is 16.6. The van der Waals surface area contributed by atoms with Crippen molar-refractivity contribution in [2.75, 3.05) is 6.61 Å². The first-order valence-electron chi connectivity index (χ1n) is 3.90. The molecule has 0 bridgehead atoms. The Labute approximate surface area is 73.4 Å². The fourth-order valence-electron chi connectivity index (χ4n) is 0.583. The maximum absolute atomic E-state index is 11.0. The second-order valence-electron chi connectivity index (χ2n) is 3.37. The third kappa shape index (κ3) is 7.12. The zero-order valence-electron chi connectivity index (χ0n) is 8.09. The largest absolute Gasteiger partial charge is 0.490 e. The molecule has 0 aromatic heterocycles. The third-order valence-corrected chi connectivity index (χ3v) is 0.854. The number of carbonyl (C=O) groups excluding carboxylic acids is 1. The number of allylic oxidation sites excluding steroid dienone is 1. The van der Waals surface area contributed by atoms with Crippen LogP contribution in [0, 0.1) is 0 Å². The summed E-state index contributed by atoms with van der Waals surface area (Å²) in [5.74, 6) is -0.347. The first-order chi connectivity index (χ1) is 5.45. The van der Waals surface area contributed by atoms with Crippen LogP contribution in [0.25, 0.3) is 0 Å². The van der Waals surface area contributed by atoms with Gasteiger partial charge in [-0.15, -0.1) is 0 Å². The Morgan fingerprint density at radius 1 is 1.42 bits per heavy atom. The maximum atomic E-state index is 11.0. The lowest BCUT2D eigenvalue weighted by atomic mass is 10.2. The van der Waals surface area contributed by atoms with Gasteiger partial charge in [-0.05, 0) is 27.7 Å². The number of hydrogen-bond acceptors (Lipinski definition) is 3. The summed E-state index contributed by atoms with van der Waals surface area (Å²) >= 11 is 0. The highest BCUT2D eigenvalue weighted by molar-refractivity contribution is 5.71. The smallest absolute Gasteiger partial charge is 0.344 e. The third-order valence-electron chi connectivity index (χ3n) is 0.854. The molecule has 70 valence electrons. The lowest BCUT2D eigenvalue weighted by Gasteiger charge is -2.18. The van der Waals surface area contributed by atoms with Crippen LogP contribution in [0.15, 0.2) is 12.3 Å². The fraction of sp³-hybridized carbons (Fsp3) is 0.667. The lowest BCUT2D eigenvalue weighted by Crippen LogP contribution is -2.26. The Hall–Kier alpha value is -0.990. The summed E-state index contributed by atoms with van der Waals surface area (Å²) in [5, 5.41) is 0. The van der Waals surface area contributed by atoms with Crippen molar-refractivity contribution in [1.29, 1.82) is 0 Å². The van der Waals surface area contributed by atoms with Crippen LogP contribution >= 0.6 is 0 Å². The van der Waals surface area contributed by atoms with Crippen LogP contribution in [0.5, 0.6) is 0 Å². The Bertz CT molecular complexity index is 165. The summed E-state index contributed by atoms with van der Waals surface area (Å²) in [6, 6.07) is 0. The minimum Gasteiger partial charge on any atom is -0.490 e. The average molecular weight is 172 g/mol. The summed E-state index contributed by atoms with van der Waals surface area (Å²) in [5.41, 5.74) is -0.434. The molecule has 0 spiro atoms. The van der Waals surface area contributed by atoms with Gasteiger partial charge in [0.05, 0.1) is 6.26 Å². The van der Waals surface area contributed by atoms with Gasteiger partial charge in [0.1, 0.15) is 5.60 Å². The van der Waals surface area contributed by atoms with E-state index < -0.39 is 5.60 Å². The zero-order chi connectivity index (χ0) is 9.61. The predicted octanol–water partition coefficient (Wildman–Crippen LogP) is 1.88. The predicted molar refractivity (Wildman–Crippen MR) is 46.6 cm³/mol. The summed E-state index contributed by atoms with van der Waals surface area (Å²) in [6.45, 7) is 7.25. The van der Waals surface area contributed by atoms with E-state index in [0.717, 1.165) is 0 Å². The van der Waals surface area contributed by atoms with E-state index >= 15 is 0 Å². The molecular formula is C9H16O3. The standard InChI is InChI=1S/C9H16O3/c1-5-6-11-7-8(10)12-9(2,3)4/h5-6H,7H2,1-4H3/b6-5-. The molecule has 0 aromatic rings. The first-order valence-corrected chi connectivity index (χ1v) is 3.90. The first kappa shape index (κ1) is 11.0. The minimum atomic E-state index is -0.434. The zero-order valence-corrected chi connectivity index (χ0v) is 8.09. The number of ether oxygens (including phenoxy) is 2. The van der Waals surface area contributed by atoms with E-state index in [0.29, 0.717) is 0 Å². The molecule has 0 heterocycles. The van der Waals surface area contributed by atoms with Gasteiger partial charge in [-0.3, -0.25) is 0 Å². The molecule has 3 nitrogen and oxygen atoms in total. The minimum absolute atomic E-state index is 0.0262. The van der Waals surface area contributed by atoms with Crippen molar-refractivity contribution in [1.82, 2.24) is 0 Å². The monoisotopic (exact) mass is 172 g/mol. The molecule has 0 aliphatic carbocycles. The van der Waals surface area contributed by atoms with Gasteiger partial charge in [-0.25, -0.2) is 4.79 Å². The van der Waals surface area contributed by atoms with Gasteiger partial charge < -0.3 is 9.47 Å². The van der Waals surface area contributed by atoms with Crippen LogP contribution in [0.4, 0.5) is 0 Å². The van der Waals surface area contributed by atoms with Crippen LogP contribution in [0.2, 0.25) is 0 Å². The molecule has 0 saturated carbocycles. The van der Waals surface area contributed by atoms with Crippen LogP contribution in [-0.4, -0.2) is 18.2 Å². The summed E-state index contributed by atoms with van der Waals surface area (Å²) in [4.78, 5) is 11.0. The van der Waals surface area contributed by atoms with E-state index in [1.165, 1.54) is 6.26 Å². The summed E-state index contributed by atoms with van der Waals surface area (Å²) in [6.07, 6.45) is 3.17. The molecule has 0 fully saturated rings. The SMILES string of the molecule is C/C=C\OCC(=O)OC(C)(C)C. The van der Waals surface area contributed by atoms with E-state index in [1.54, 1.807) is 6.08 Å². The number of carbonyl (C=O) groups is 1. The second-order valence-corrected chi connectivity index (χ2v) is 3.37. The van der Waals surface area contributed by atoms with Crippen molar-refractivity contribution in [3.63, 3.8) is 0 Å². The topological polar surface area (TPSA) is 35.5 Å². The van der Waals surface area contributed by atoms with Gasteiger partial charge in [-0.2, -0.15) is 0 Å². The Kier molecular flexibility index (Phi) is 4.40. The average Bonchev–Trinajstić information content (AvgIpc) is 1.84. The molecule has 12 heavy (non-hydrogen) atoms. The van der Waals surface area contributed by atoms with Crippen molar-refractivity contribution in [3.05, 3.63) is 12.3 Å². The Morgan fingerprint density at radius 3 is 2.42 bits per heavy atom. The molecule has 0 aliphatic rings. The number of esters is 1. The molecule has 0 rings (SSSR count). The van der Waals surface area contributed by atoms with Gasteiger partial charge >= 0.3 is 5.97 Å². The van der Waals surface area contributed by atoms with Gasteiger partial charge in [0, 0.05) is 0 Å². The highest BCUT2D eigenvalue weighted by Gasteiger charge is 2.15. The normalized spacial score (nSPS) is 11.7. The quantitative estimate of drug-likeness (QED) is 0.481. The van der Waals surface area contributed by atoms with Crippen molar-refractivity contribution in [3.8, 4) is 0 Å². The van der Waals surface area contributed by atoms with Gasteiger partial charge in [0.15, 0.2) is 6.61 Å². The van der Waals surface area contributed by atoms with Crippen LogP contribution < -0.4 is 0 Å². The van der Waals surface area contributed by atoms with Gasteiger partial charge in [0.2, 0.25) is 0 Å². The summed E-state index contributed by atoms with van der Waals surface area (Å²) in [7, 11) is 0. The molecule has 0 aliphatic heterocycles. The van der Waals surface area contributed by atoms with Crippen molar-refractivity contribution in [2.24, 2.45) is 0 Å². The van der Waals surface area contributed by atoms with E-state index in [1.807, 2.05) is 27.7 Å². The summed E-state index contributed by atoms with van der Waals surface area (Å²) < 4.78 is 9.82. The van der Waals surface area contributed by atoms with Crippen molar-refractivity contribution >= 4 is 5.97 Å². The molecule has 0 unspecified atom stereocenters.